The molecule has 0 saturated heterocycles. The molecule has 0 spiro atoms. The Bertz CT molecular complexity index is 963. The van der Waals surface area contributed by atoms with Crippen molar-refractivity contribution in [3.63, 3.8) is 0 Å². The number of fused-ring (bicyclic) bond motifs is 3. The molecule has 7 heteroatoms. The largest absolute Gasteiger partial charge is 0.478 e. The molecular weight excluding hydrogens is 306 g/mol. The fraction of sp³-hybridized carbons (Fsp3) is 0.235. The molecule has 1 aliphatic heterocycles. The third-order valence-electron chi connectivity index (χ3n) is 4.48. The number of carbonyl (C=O) groups is 1. The van der Waals surface area contributed by atoms with Crippen LogP contribution < -0.4 is 10.6 Å². The number of hydrogen-bond donors (Lipinski definition) is 3. The average molecular weight is 323 g/mol. The summed E-state index contributed by atoms with van der Waals surface area (Å²) in [5.41, 5.74) is 10.8. The number of carboxylic acids is 1. The number of aromatic carboxylic acids is 1. The van der Waals surface area contributed by atoms with Gasteiger partial charge in [0.1, 0.15) is 0 Å². The number of rotatable bonds is 2. The van der Waals surface area contributed by atoms with Crippen LogP contribution in [0.2, 0.25) is 0 Å². The van der Waals surface area contributed by atoms with Gasteiger partial charge in [-0.15, -0.1) is 0 Å². The fourth-order valence-electron chi connectivity index (χ4n) is 3.22. The second-order valence-corrected chi connectivity index (χ2v) is 6.03. The number of anilines is 2. The van der Waals surface area contributed by atoms with E-state index in [1.165, 1.54) is 17.5 Å². The van der Waals surface area contributed by atoms with Gasteiger partial charge in [-0.1, -0.05) is 0 Å². The van der Waals surface area contributed by atoms with Crippen LogP contribution in [-0.4, -0.2) is 32.6 Å². The molecule has 122 valence electrons. The summed E-state index contributed by atoms with van der Waals surface area (Å²) in [4.78, 5) is 25.2. The van der Waals surface area contributed by atoms with E-state index in [0.717, 1.165) is 29.6 Å². The van der Waals surface area contributed by atoms with E-state index in [1.54, 1.807) is 6.92 Å². The summed E-state index contributed by atoms with van der Waals surface area (Å²) in [5, 5.41) is 10.2. The lowest BCUT2D eigenvalue weighted by Gasteiger charge is -2.27. The summed E-state index contributed by atoms with van der Waals surface area (Å²) in [6, 6.07) is 5.86. The Labute approximate surface area is 138 Å². The van der Waals surface area contributed by atoms with E-state index >= 15 is 0 Å². The van der Waals surface area contributed by atoms with Gasteiger partial charge >= 0.3 is 5.97 Å². The highest BCUT2D eigenvalue weighted by Gasteiger charge is 2.23. The molecule has 24 heavy (non-hydrogen) atoms. The summed E-state index contributed by atoms with van der Waals surface area (Å²) in [7, 11) is 0. The first kappa shape index (κ1) is 14.5. The van der Waals surface area contributed by atoms with Crippen molar-refractivity contribution in [3.05, 3.63) is 46.9 Å². The first-order valence-corrected chi connectivity index (χ1v) is 7.74. The van der Waals surface area contributed by atoms with E-state index in [9.17, 15) is 4.79 Å². The molecule has 1 aliphatic rings. The van der Waals surface area contributed by atoms with E-state index < -0.39 is 5.97 Å². The molecule has 0 amide bonds. The zero-order chi connectivity index (χ0) is 16.8. The predicted molar refractivity (Wildman–Crippen MR) is 91.2 cm³/mol. The number of nitrogens with zero attached hydrogens (tertiary/aromatic N) is 3. The Morgan fingerprint density at radius 1 is 1.42 bits per heavy atom. The highest BCUT2D eigenvalue weighted by atomic mass is 16.4. The number of nitrogen functional groups attached to an aromatic ring is 1. The van der Waals surface area contributed by atoms with Crippen LogP contribution in [-0.2, 0) is 13.0 Å². The minimum absolute atomic E-state index is 0.135. The Balaban J connectivity index is 1.71. The lowest BCUT2D eigenvalue weighted by molar-refractivity contribution is 0.0695. The molecule has 0 radical (unpaired) electrons. The minimum atomic E-state index is -1.01. The Morgan fingerprint density at radius 2 is 2.25 bits per heavy atom. The summed E-state index contributed by atoms with van der Waals surface area (Å²) < 4.78 is 0. The first-order valence-electron chi connectivity index (χ1n) is 7.74. The second-order valence-electron chi connectivity index (χ2n) is 6.03. The first-order chi connectivity index (χ1) is 11.5. The van der Waals surface area contributed by atoms with Crippen molar-refractivity contribution in [3.8, 4) is 0 Å². The number of aryl methyl sites for hydroxylation is 1. The zero-order valence-corrected chi connectivity index (χ0v) is 13.2. The molecule has 0 bridgehead atoms. The molecule has 0 aliphatic carbocycles. The number of benzene rings is 1. The van der Waals surface area contributed by atoms with Crippen LogP contribution in [0.1, 0.15) is 27.3 Å². The predicted octanol–water partition coefficient (Wildman–Crippen LogP) is 2.11. The smallest absolute Gasteiger partial charge is 0.339 e. The molecule has 4 N–H and O–H groups in total. The third kappa shape index (κ3) is 2.25. The van der Waals surface area contributed by atoms with Gasteiger partial charge in [-0.2, -0.15) is 0 Å². The molecule has 0 saturated carbocycles. The summed E-state index contributed by atoms with van der Waals surface area (Å²) >= 11 is 0. The normalized spacial score (nSPS) is 14.0. The van der Waals surface area contributed by atoms with Gasteiger partial charge in [0.05, 0.1) is 11.3 Å². The summed E-state index contributed by atoms with van der Waals surface area (Å²) in [5.74, 6) is -0.450. The number of aromatic amines is 1. The van der Waals surface area contributed by atoms with Crippen molar-refractivity contribution in [2.24, 2.45) is 0 Å². The highest BCUT2D eigenvalue weighted by Crippen LogP contribution is 2.30. The van der Waals surface area contributed by atoms with Crippen molar-refractivity contribution >= 4 is 28.5 Å². The Hall–Kier alpha value is -3.09. The van der Waals surface area contributed by atoms with Crippen LogP contribution >= 0.6 is 0 Å². The number of carboxylic acid groups (broad SMARTS) is 1. The quantitative estimate of drug-likeness (QED) is 0.623. The van der Waals surface area contributed by atoms with Crippen LogP contribution in [0.25, 0.3) is 10.9 Å². The van der Waals surface area contributed by atoms with Crippen molar-refractivity contribution < 1.29 is 9.90 Å². The van der Waals surface area contributed by atoms with Crippen molar-refractivity contribution in [2.45, 2.75) is 19.9 Å². The molecular formula is C17H17N5O2. The monoisotopic (exact) mass is 323 g/mol. The minimum Gasteiger partial charge on any atom is -0.478 e. The van der Waals surface area contributed by atoms with E-state index in [4.69, 9.17) is 10.8 Å². The van der Waals surface area contributed by atoms with E-state index in [-0.39, 0.29) is 5.56 Å². The fourth-order valence-corrected chi connectivity index (χ4v) is 3.22. The molecule has 2 aromatic heterocycles. The molecule has 0 atom stereocenters. The maximum Gasteiger partial charge on any atom is 0.339 e. The number of aromatic nitrogens is 3. The van der Waals surface area contributed by atoms with Gasteiger partial charge in [-0.25, -0.2) is 14.8 Å². The zero-order valence-electron chi connectivity index (χ0n) is 13.2. The topological polar surface area (TPSA) is 108 Å². The molecule has 3 aromatic rings. The van der Waals surface area contributed by atoms with Gasteiger partial charge in [-0.3, -0.25) is 0 Å². The molecule has 4 rings (SSSR count). The van der Waals surface area contributed by atoms with Gasteiger partial charge in [-0.05, 0) is 25.1 Å². The summed E-state index contributed by atoms with van der Waals surface area (Å²) in [6.45, 7) is 3.14. The number of nitrogens with one attached hydrogen (secondary N) is 1. The van der Waals surface area contributed by atoms with Gasteiger partial charge in [0.2, 0.25) is 5.95 Å². The molecule has 1 aromatic carbocycles. The van der Waals surface area contributed by atoms with Crippen LogP contribution in [0.3, 0.4) is 0 Å². The average Bonchev–Trinajstić information content (AvgIpc) is 2.91. The van der Waals surface area contributed by atoms with Crippen molar-refractivity contribution in [2.75, 3.05) is 17.2 Å². The third-order valence-corrected chi connectivity index (χ3v) is 4.48. The molecule has 0 unspecified atom stereocenters. The van der Waals surface area contributed by atoms with E-state index in [1.807, 2.05) is 18.2 Å². The molecule has 3 heterocycles. The Morgan fingerprint density at radius 3 is 3.00 bits per heavy atom. The number of nitrogens with two attached hydrogens (primary N) is 1. The lowest BCUT2D eigenvalue weighted by atomic mass is 10.0. The molecule has 0 fully saturated rings. The van der Waals surface area contributed by atoms with Crippen LogP contribution in [0.5, 0.6) is 0 Å². The van der Waals surface area contributed by atoms with Gasteiger partial charge < -0.3 is 20.7 Å². The van der Waals surface area contributed by atoms with E-state index in [0.29, 0.717) is 18.2 Å². The van der Waals surface area contributed by atoms with Gasteiger partial charge in [0, 0.05) is 53.6 Å². The standard InChI is InChI=1S/C17H17N5O2/c1-9-12(16(23)24)7-19-17(20-9)22-5-4-15-13(8-22)11-6-10(18)2-3-14(11)21-15/h2-3,6-7,21H,4-5,8,18H2,1H3,(H,23,24). The van der Waals surface area contributed by atoms with Crippen molar-refractivity contribution in [1.29, 1.82) is 0 Å². The van der Waals surface area contributed by atoms with Gasteiger partial charge in [0.25, 0.3) is 0 Å². The van der Waals surface area contributed by atoms with Crippen LogP contribution in [0, 0.1) is 6.92 Å². The lowest BCUT2D eigenvalue weighted by Crippen LogP contribution is -2.31. The second kappa shape index (κ2) is 5.23. The maximum absolute atomic E-state index is 11.1. The highest BCUT2D eigenvalue weighted by molar-refractivity contribution is 5.89. The maximum atomic E-state index is 11.1. The van der Waals surface area contributed by atoms with Crippen LogP contribution in [0.15, 0.2) is 24.4 Å². The summed E-state index contributed by atoms with van der Waals surface area (Å²) in [6.07, 6.45) is 2.23. The van der Waals surface area contributed by atoms with Gasteiger partial charge in [0.15, 0.2) is 0 Å². The molecule has 7 nitrogen and oxygen atoms in total. The van der Waals surface area contributed by atoms with Crippen LogP contribution in [0.4, 0.5) is 11.6 Å². The Kier molecular flexibility index (Phi) is 3.16. The van der Waals surface area contributed by atoms with E-state index in [2.05, 4.69) is 19.9 Å². The number of hydrogen-bond acceptors (Lipinski definition) is 5. The van der Waals surface area contributed by atoms with Crippen molar-refractivity contribution in [1.82, 2.24) is 15.0 Å². The SMILES string of the molecule is Cc1nc(N2CCc3[nH]c4ccc(N)cc4c3C2)ncc1C(=O)O. The number of H-pyrrole nitrogens is 1.